The van der Waals surface area contributed by atoms with Crippen LogP contribution in [0.25, 0.3) is 0 Å². The average Bonchev–Trinajstić information content (AvgIpc) is 3.20. The van der Waals surface area contributed by atoms with Crippen LogP contribution in [-0.2, 0) is 17.6 Å². The van der Waals surface area contributed by atoms with Gasteiger partial charge in [0.2, 0.25) is 5.91 Å². The Hall–Kier alpha value is -2.82. The van der Waals surface area contributed by atoms with Crippen molar-refractivity contribution in [3.05, 3.63) is 59.2 Å². The predicted octanol–water partition coefficient (Wildman–Crippen LogP) is 4.51. The molecule has 0 unspecified atom stereocenters. The Labute approximate surface area is 166 Å². The Balaban J connectivity index is 1.45. The van der Waals surface area contributed by atoms with E-state index in [2.05, 4.69) is 16.7 Å². The molecule has 0 radical (unpaired) electrons. The van der Waals surface area contributed by atoms with E-state index in [9.17, 15) is 9.59 Å². The number of fused-ring (bicyclic) bond motifs is 1. The minimum Gasteiger partial charge on any atom is -0.324 e. The summed E-state index contributed by atoms with van der Waals surface area (Å²) in [7, 11) is 0. The molecule has 5 nitrogen and oxygen atoms in total. The fraction of sp³-hybridized carbons (Fsp3) is 0.391. The molecule has 1 aliphatic heterocycles. The highest BCUT2D eigenvalue weighted by Crippen LogP contribution is 2.29. The van der Waals surface area contributed by atoms with Crippen molar-refractivity contribution in [1.29, 1.82) is 0 Å². The van der Waals surface area contributed by atoms with Gasteiger partial charge in [-0.3, -0.25) is 4.79 Å². The summed E-state index contributed by atoms with van der Waals surface area (Å²) in [5.74, 6) is -0.0875. The number of nitrogens with zero attached hydrogens (tertiary/aromatic N) is 1. The summed E-state index contributed by atoms with van der Waals surface area (Å²) in [6, 6.07) is 13.2. The fourth-order valence-electron chi connectivity index (χ4n) is 4.23. The quantitative estimate of drug-likeness (QED) is 0.827. The zero-order valence-corrected chi connectivity index (χ0v) is 16.3. The van der Waals surface area contributed by atoms with E-state index >= 15 is 0 Å². The third-order valence-corrected chi connectivity index (χ3v) is 5.77. The molecule has 3 amide bonds. The van der Waals surface area contributed by atoms with Crippen LogP contribution in [0.4, 0.5) is 16.2 Å². The van der Waals surface area contributed by atoms with Crippen LogP contribution in [0.3, 0.4) is 0 Å². The molecule has 1 saturated heterocycles. The summed E-state index contributed by atoms with van der Waals surface area (Å²) in [5, 5.41) is 6.02. The number of hydrogen-bond acceptors (Lipinski definition) is 2. The van der Waals surface area contributed by atoms with E-state index in [1.165, 1.54) is 17.5 Å². The number of urea groups is 1. The van der Waals surface area contributed by atoms with Crippen molar-refractivity contribution < 1.29 is 9.59 Å². The molecule has 1 fully saturated rings. The smallest absolute Gasteiger partial charge is 0.322 e. The number of likely N-dealkylation sites (tertiary alicyclic amines) is 1. The highest BCUT2D eigenvalue weighted by molar-refractivity contribution is 6.00. The van der Waals surface area contributed by atoms with E-state index in [0.29, 0.717) is 13.0 Å². The molecule has 146 valence electrons. The maximum atomic E-state index is 13.0. The average molecular weight is 377 g/mol. The molecule has 2 aromatic rings. The number of amides is 3. The first-order valence-corrected chi connectivity index (χ1v) is 10.2. The number of nitrogens with one attached hydrogen (secondary N) is 2. The molecule has 1 aliphatic carbocycles. The van der Waals surface area contributed by atoms with Crippen molar-refractivity contribution in [3.63, 3.8) is 0 Å². The number of carbonyl (C=O) groups excluding carboxylic acids is 2. The zero-order chi connectivity index (χ0) is 19.5. The van der Waals surface area contributed by atoms with Crippen LogP contribution >= 0.6 is 0 Å². The van der Waals surface area contributed by atoms with Gasteiger partial charge >= 0.3 is 6.03 Å². The van der Waals surface area contributed by atoms with E-state index in [1.807, 2.05) is 43.3 Å². The van der Waals surface area contributed by atoms with E-state index in [1.54, 1.807) is 4.90 Å². The minimum absolute atomic E-state index is 0.0875. The Bertz CT molecular complexity index is 876. The fourth-order valence-corrected chi connectivity index (χ4v) is 4.23. The van der Waals surface area contributed by atoms with Crippen LogP contribution in [0.5, 0.6) is 0 Å². The molecule has 1 heterocycles. The predicted molar refractivity (Wildman–Crippen MR) is 112 cm³/mol. The van der Waals surface area contributed by atoms with Gasteiger partial charge in [-0.25, -0.2) is 4.79 Å². The summed E-state index contributed by atoms with van der Waals surface area (Å²) >= 11 is 0. The lowest BCUT2D eigenvalue weighted by Crippen LogP contribution is -2.45. The third-order valence-electron chi connectivity index (χ3n) is 5.77. The summed E-state index contributed by atoms with van der Waals surface area (Å²) < 4.78 is 0. The van der Waals surface area contributed by atoms with Crippen molar-refractivity contribution in [2.24, 2.45) is 0 Å². The van der Waals surface area contributed by atoms with Crippen LogP contribution in [0.15, 0.2) is 42.5 Å². The number of benzene rings is 2. The van der Waals surface area contributed by atoms with Crippen LogP contribution in [0.2, 0.25) is 0 Å². The molecule has 0 bridgehead atoms. The molecule has 2 aliphatic rings. The zero-order valence-electron chi connectivity index (χ0n) is 16.3. The molecule has 0 spiro atoms. The second-order valence-electron chi connectivity index (χ2n) is 7.79. The van der Waals surface area contributed by atoms with Gasteiger partial charge in [-0.15, -0.1) is 0 Å². The highest BCUT2D eigenvalue weighted by atomic mass is 16.2. The van der Waals surface area contributed by atoms with Crippen LogP contribution in [-0.4, -0.2) is 29.4 Å². The Morgan fingerprint density at radius 2 is 1.75 bits per heavy atom. The summed E-state index contributed by atoms with van der Waals surface area (Å²) in [6.07, 6.45) is 5.99. The van der Waals surface area contributed by atoms with Gasteiger partial charge < -0.3 is 15.5 Å². The summed E-state index contributed by atoms with van der Waals surface area (Å²) in [6.45, 7) is 2.61. The lowest BCUT2D eigenvalue weighted by atomic mass is 9.90. The normalized spacial score (nSPS) is 18.5. The molecule has 28 heavy (non-hydrogen) atoms. The molecule has 0 saturated carbocycles. The first kappa shape index (κ1) is 18.5. The maximum absolute atomic E-state index is 13.0. The highest BCUT2D eigenvalue weighted by Gasteiger charge is 2.34. The second-order valence-corrected chi connectivity index (χ2v) is 7.79. The molecule has 4 rings (SSSR count). The van der Waals surface area contributed by atoms with Gasteiger partial charge in [-0.2, -0.15) is 0 Å². The molecule has 1 atom stereocenters. The summed E-state index contributed by atoms with van der Waals surface area (Å²) in [5.41, 5.74) is 5.40. The van der Waals surface area contributed by atoms with Gasteiger partial charge in [0.05, 0.1) is 0 Å². The Morgan fingerprint density at radius 1 is 0.964 bits per heavy atom. The lowest BCUT2D eigenvalue weighted by Gasteiger charge is -2.25. The van der Waals surface area contributed by atoms with Gasteiger partial charge in [0.15, 0.2) is 0 Å². The van der Waals surface area contributed by atoms with Crippen molar-refractivity contribution in [2.75, 3.05) is 17.2 Å². The van der Waals surface area contributed by atoms with Crippen molar-refractivity contribution in [3.8, 4) is 0 Å². The van der Waals surface area contributed by atoms with Gasteiger partial charge in [0.25, 0.3) is 0 Å². The topological polar surface area (TPSA) is 61.4 Å². The van der Waals surface area contributed by atoms with Crippen molar-refractivity contribution in [1.82, 2.24) is 4.90 Å². The molecule has 0 aromatic heterocycles. The standard InChI is InChI=1S/C23H27N3O2/c1-16-11-13-18(14-12-16)24-23(28)26-15-5-10-21(26)22(27)25-20-9-4-7-17-6-2-3-8-19(17)20/h4,7,9,11-14,21H,2-3,5-6,8,10,15H2,1H3,(H,24,28)(H,25,27)/t21-/m1/s1. The van der Waals surface area contributed by atoms with Crippen LogP contribution in [0.1, 0.15) is 42.4 Å². The van der Waals surface area contributed by atoms with Crippen molar-refractivity contribution >= 4 is 23.3 Å². The molecule has 2 aromatic carbocycles. The monoisotopic (exact) mass is 377 g/mol. The lowest BCUT2D eigenvalue weighted by molar-refractivity contribution is -0.119. The first-order chi connectivity index (χ1) is 13.6. The summed E-state index contributed by atoms with van der Waals surface area (Å²) in [4.78, 5) is 27.4. The van der Waals surface area contributed by atoms with E-state index in [0.717, 1.165) is 42.6 Å². The molecule has 2 N–H and O–H groups in total. The molecular formula is C23H27N3O2. The third kappa shape index (κ3) is 3.88. The number of carbonyl (C=O) groups is 2. The van der Waals surface area contributed by atoms with Crippen LogP contribution < -0.4 is 10.6 Å². The number of rotatable bonds is 3. The number of anilines is 2. The maximum Gasteiger partial charge on any atom is 0.322 e. The van der Waals surface area contributed by atoms with Gasteiger partial charge in [-0.1, -0.05) is 29.8 Å². The largest absolute Gasteiger partial charge is 0.324 e. The first-order valence-electron chi connectivity index (χ1n) is 10.2. The van der Waals surface area contributed by atoms with Gasteiger partial charge in [0, 0.05) is 17.9 Å². The van der Waals surface area contributed by atoms with Gasteiger partial charge in [0.1, 0.15) is 6.04 Å². The van der Waals surface area contributed by atoms with E-state index in [-0.39, 0.29) is 11.9 Å². The van der Waals surface area contributed by atoms with Crippen molar-refractivity contribution in [2.45, 2.75) is 51.5 Å². The van der Waals surface area contributed by atoms with Gasteiger partial charge in [-0.05, 0) is 74.8 Å². The second kappa shape index (κ2) is 8.05. The molecule has 5 heteroatoms. The minimum atomic E-state index is -0.426. The van der Waals surface area contributed by atoms with E-state index < -0.39 is 6.04 Å². The van der Waals surface area contributed by atoms with Crippen LogP contribution in [0, 0.1) is 6.92 Å². The van der Waals surface area contributed by atoms with E-state index in [4.69, 9.17) is 0 Å². The Morgan fingerprint density at radius 3 is 2.57 bits per heavy atom. The molecular weight excluding hydrogens is 350 g/mol. The number of aryl methyl sites for hydroxylation is 2. The SMILES string of the molecule is Cc1ccc(NC(=O)N2CCC[C@@H]2C(=O)Nc2cccc3c2CCCC3)cc1. The number of hydrogen-bond donors (Lipinski definition) is 2. The Kier molecular flexibility index (Phi) is 5.33.